The van der Waals surface area contributed by atoms with E-state index in [2.05, 4.69) is 10.2 Å². The summed E-state index contributed by atoms with van der Waals surface area (Å²) in [5.74, 6) is 1.14. The number of methoxy groups -OCH3 is 2. The minimum atomic E-state index is -0.311. The molecule has 0 fully saturated rings. The number of carbonyl (C=O) groups is 1. The zero-order chi connectivity index (χ0) is 19.1. The molecule has 4 aromatic rings. The van der Waals surface area contributed by atoms with Crippen molar-refractivity contribution in [3.05, 3.63) is 58.0 Å². The molecule has 0 atom stereocenters. The molecule has 0 saturated carbocycles. The zero-order valence-corrected chi connectivity index (χ0v) is 15.1. The molecule has 136 valence electrons. The van der Waals surface area contributed by atoms with Gasteiger partial charge >= 0.3 is 5.69 Å². The van der Waals surface area contributed by atoms with Crippen LogP contribution < -0.4 is 15.2 Å². The summed E-state index contributed by atoms with van der Waals surface area (Å²) in [4.78, 5) is 23.6. The third-order valence-electron chi connectivity index (χ3n) is 4.70. The van der Waals surface area contributed by atoms with Crippen LogP contribution >= 0.6 is 0 Å². The lowest BCUT2D eigenvalue weighted by molar-refractivity contribution is 0.112. The molecule has 0 aliphatic rings. The molecule has 2 aromatic carbocycles. The second kappa shape index (κ2) is 6.28. The summed E-state index contributed by atoms with van der Waals surface area (Å²) in [6, 6.07) is 10.9. The summed E-state index contributed by atoms with van der Waals surface area (Å²) in [6.45, 7) is 1.96. The van der Waals surface area contributed by atoms with Gasteiger partial charge in [0.15, 0.2) is 11.9 Å². The van der Waals surface area contributed by atoms with Gasteiger partial charge in [-0.05, 0) is 48.4 Å². The van der Waals surface area contributed by atoms with Gasteiger partial charge in [0.05, 0.1) is 25.3 Å². The Hall–Kier alpha value is -3.61. The van der Waals surface area contributed by atoms with Crippen molar-refractivity contribution in [3.8, 4) is 22.6 Å². The summed E-state index contributed by atoms with van der Waals surface area (Å²) < 4.78 is 12.3. The monoisotopic (exact) mass is 363 g/mol. The fourth-order valence-corrected chi connectivity index (χ4v) is 3.37. The molecular formula is C20H17N3O4. The van der Waals surface area contributed by atoms with Crippen molar-refractivity contribution in [2.24, 2.45) is 0 Å². The molecule has 7 heteroatoms. The van der Waals surface area contributed by atoms with Crippen molar-refractivity contribution in [3.63, 3.8) is 0 Å². The highest BCUT2D eigenvalue weighted by molar-refractivity contribution is 5.93. The van der Waals surface area contributed by atoms with Gasteiger partial charge in [-0.2, -0.15) is 5.10 Å². The number of aromatic amines is 1. The second-order valence-electron chi connectivity index (χ2n) is 6.19. The van der Waals surface area contributed by atoms with E-state index in [4.69, 9.17) is 9.47 Å². The van der Waals surface area contributed by atoms with Gasteiger partial charge in [0.2, 0.25) is 0 Å². The molecule has 0 aliphatic heterocycles. The average Bonchev–Trinajstić information content (AvgIpc) is 3.07. The molecule has 0 amide bonds. The normalized spacial score (nSPS) is 11.1. The van der Waals surface area contributed by atoms with Gasteiger partial charge in [-0.15, -0.1) is 0 Å². The summed E-state index contributed by atoms with van der Waals surface area (Å²) >= 11 is 0. The number of nitrogens with zero attached hydrogens (tertiary/aromatic N) is 2. The lowest BCUT2D eigenvalue weighted by Gasteiger charge is -2.14. The maximum atomic E-state index is 12.2. The standard InChI is InChI=1S/C20H17N3O4/c1-11-6-19-21-22-20(25)23(19)16-8-15(18(27-3)9-14(11)16)12-4-5-17(26-2)13(7-12)10-24/h4-10H,1-3H3,(H,22,25). The fourth-order valence-electron chi connectivity index (χ4n) is 3.37. The molecule has 0 bridgehead atoms. The summed E-state index contributed by atoms with van der Waals surface area (Å²) in [7, 11) is 3.11. The largest absolute Gasteiger partial charge is 0.496 e. The van der Waals surface area contributed by atoms with E-state index in [1.54, 1.807) is 19.2 Å². The van der Waals surface area contributed by atoms with E-state index in [-0.39, 0.29) is 5.69 Å². The Bertz CT molecular complexity index is 1250. The SMILES string of the molecule is COc1ccc(-c2cc3c(cc2OC)c(C)cc2n[nH]c(=O)n23)cc1C=O. The van der Waals surface area contributed by atoms with Crippen LogP contribution in [0.2, 0.25) is 0 Å². The van der Waals surface area contributed by atoms with Crippen molar-refractivity contribution in [2.75, 3.05) is 14.2 Å². The Morgan fingerprint density at radius 2 is 1.85 bits per heavy atom. The maximum absolute atomic E-state index is 12.2. The Labute approximate surface area is 154 Å². The van der Waals surface area contributed by atoms with Crippen molar-refractivity contribution in [1.29, 1.82) is 0 Å². The third kappa shape index (κ3) is 2.55. The molecule has 0 unspecified atom stereocenters. The number of rotatable bonds is 4. The summed E-state index contributed by atoms with van der Waals surface area (Å²) in [5, 5.41) is 7.42. The Balaban J connectivity index is 2.08. The Kier molecular flexibility index (Phi) is 3.92. The predicted molar refractivity (Wildman–Crippen MR) is 102 cm³/mol. The number of hydrogen-bond donors (Lipinski definition) is 1. The van der Waals surface area contributed by atoms with E-state index in [0.29, 0.717) is 28.2 Å². The van der Waals surface area contributed by atoms with Gasteiger partial charge in [0.1, 0.15) is 11.5 Å². The summed E-state index contributed by atoms with van der Waals surface area (Å²) in [5.41, 5.74) is 3.90. The van der Waals surface area contributed by atoms with Crippen molar-refractivity contribution in [2.45, 2.75) is 6.92 Å². The number of aryl methyl sites for hydroxylation is 1. The smallest absolute Gasteiger partial charge is 0.348 e. The van der Waals surface area contributed by atoms with Crippen LogP contribution in [-0.2, 0) is 0 Å². The highest BCUT2D eigenvalue weighted by atomic mass is 16.5. The number of hydrogen-bond acceptors (Lipinski definition) is 5. The van der Waals surface area contributed by atoms with Crippen molar-refractivity contribution < 1.29 is 14.3 Å². The van der Waals surface area contributed by atoms with Gasteiger partial charge in [-0.3, -0.25) is 4.79 Å². The predicted octanol–water partition coefficient (Wildman–Crippen LogP) is 2.98. The second-order valence-corrected chi connectivity index (χ2v) is 6.19. The number of aldehydes is 1. The van der Waals surface area contributed by atoms with Crippen molar-refractivity contribution in [1.82, 2.24) is 14.6 Å². The van der Waals surface area contributed by atoms with Crippen LogP contribution in [0.4, 0.5) is 0 Å². The first-order valence-corrected chi connectivity index (χ1v) is 8.29. The van der Waals surface area contributed by atoms with E-state index < -0.39 is 0 Å². The van der Waals surface area contributed by atoms with Crippen LogP contribution in [0, 0.1) is 6.92 Å². The van der Waals surface area contributed by atoms with Gasteiger partial charge in [0, 0.05) is 10.9 Å². The highest BCUT2D eigenvalue weighted by Crippen LogP contribution is 2.36. The van der Waals surface area contributed by atoms with Crippen LogP contribution in [0.15, 0.2) is 41.2 Å². The minimum Gasteiger partial charge on any atom is -0.496 e. The van der Waals surface area contributed by atoms with E-state index >= 15 is 0 Å². The lowest BCUT2D eigenvalue weighted by atomic mass is 9.98. The molecule has 1 N–H and O–H groups in total. The van der Waals surface area contributed by atoms with E-state index in [1.165, 1.54) is 11.5 Å². The van der Waals surface area contributed by atoms with Crippen LogP contribution in [-0.4, -0.2) is 35.1 Å². The number of carbonyl (C=O) groups excluding carboxylic acids is 1. The topological polar surface area (TPSA) is 85.7 Å². The van der Waals surface area contributed by atoms with E-state index in [1.807, 2.05) is 31.2 Å². The summed E-state index contributed by atoms with van der Waals surface area (Å²) in [6.07, 6.45) is 0.749. The van der Waals surface area contributed by atoms with Gasteiger partial charge in [-0.1, -0.05) is 6.07 Å². The molecule has 0 radical (unpaired) electrons. The van der Waals surface area contributed by atoms with Gasteiger partial charge in [-0.25, -0.2) is 14.3 Å². The molecule has 0 saturated heterocycles. The van der Waals surface area contributed by atoms with Crippen LogP contribution in [0.3, 0.4) is 0 Å². The lowest BCUT2D eigenvalue weighted by Crippen LogP contribution is -2.10. The first-order valence-electron chi connectivity index (χ1n) is 8.29. The molecule has 7 nitrogen and oxygen atoms in total. The highest BCUT2D eigenvalue weighted by Gasteiger charge is 2.15. The van der Waals surface area contributed by atoms with Gasteiger partial charge in [0.25, 0.3) is 0 Å². The van der Waals surface area contributed by atoms with Crippen LogP contribution in [0.25, 0.3) is 27.7 Å². The van der Waals surface area contributed by atoms with Crippen molar-refractivity contribution >= 4 is 22.8 Å². The number of aromatic nitrogens is 3. The van der Waals surface area contributed by atoms with E-state index in [9.17, 15) is 9.59 Å². The molecule has 2 heterocycles. The fraction of sp³-hybridized carbons (Fsp3) is 0.150. The van der Waals surface area contributed by atoms with E-state index in [0.717, 1.165) is 28.4 Å². The number of pyridine rings is 1. The number of H-pyrrole nitrogens is 1. The number of benzene rings is 2. The first kappa shape index (κ1) is 16.8. The molecule has 27 heavy (non-hydrogen) atoms. The van der Waals surface area contributed by atoms with Crippen LogP contribution in [0.1, 0.15) is 15.9 Å². The molecule has 0 spiro atoms. The maximum Gasteiger partial charge on any atom is 0.348 e. The minimum absolute atomic E-state index is 0.311. The molecule has 2 aromatic heterocycles. The Morgan fingerprint density at radius 1 is 1.07 bits per heavy atom. The molecular weight excluding hydrogens is 346 g/mol. The molecule has 0 aliphatic carbocycles. The first-order chi connectivity index (χ1) is 13.1. The zero-order valence-electron chi connectivity index (χ0n) is 15.1. The third-order valence-corrected chi connectivity index (χ3v) is 4.70. The quantitative estimate of drug-likeness (QED) is 0.564. The average molecular weight is 363 g/mol. The Morgan fingerprint density at radius 3 is 2.56 bits per heavy atom. The number of ether oxygens (including phenoxy) is 2. The molecule has 4 rings (SSSR count). The number of nitrogens with one attached hydrogen (secondary N) is 1. The van der Waals surface area contributed by atoms with Gasteiger partial charge < -0.3 is 9.47 Å². The number of fused-ring (bicyclic) bond motifs is 3. The van der Waals surface area contributed by atoms with Crippen LogP contribution in [0.5, 0.6) is 11.5 Å².